The quantitative estimate of drug-likeness (QED) is 0.525. The third kappa shape index (κ3) is 2.66. The first-order valence-corrected chi connectivity index (χ1v) is 8.66. The molecule has 2 aromatic heterocycles. The number of rotatable bonds is 3. The summed E-state index contributed by atoms with van der Waals surface area (Å²) in [7, 11) is 1.62. The molecule has 2 heterocycles. The topological polar surface area (TPSA) is 75.1 Å². The van der Waals surface area contributed by atoms with Gasteiger partial charge in [-0.3, -0.25) is 4.79 Å². The summed E-state index contributed by atoms with van der Waals surface area (Å²) < 4.78 is 9.08. The Hall–Kier alpha value is -3.06. The van der Waals surface area contributed by atoms with Crippen LogP contribution in [0.3, 0.4) is 0 Å². The molecule has 0 amide bonds. The summed E-state index contributed by atoms with van der Waals surface area (Å²) in [6.07, 6.45) is 3.24. The van der Waals surface area contributed by atoms with Gasteiger partial charge in [-0.15, -0.1) is 0 Å². The molecule has 0 radical (unpaired) electrons. The number of hydrogen-bond donors (Lipinski definition) is 1. The van der Waals surface area contributed by atoms with Gasteiger partial charge in [0.15, 0.2) is 5.65 Å². The smallest absolute Gasteiger partial charge is 0.281 e. The predicted molar refractivity (Wildman–Crippen MR) is 105 cm³/mol. The minimum absolute atomic E-state index is 0.295. The largest absolute Gasteiger partial charge is 0.497 e. The monoisotopic (exact) mass is 410 g/mol. The van der Waals surface area contributed by atoms with Gasteiger partial charge in [0.2, 0.25) is 0 Å². The molecule has 0 aliphatic carbocycles. The van der Waals surface area contributed by atoms with Crippen LogP contribution >= 0.6 is 15.9 Å². The molecule has 0 aliphatic heterocycles. The van der Waals surface area contributed by atoms with Gasteiger partial charge in [0, 0.05) is 21.9 Å². The molecule has 0 fully saturated rings. The number of nitrogen functional groups attached to an aromatic ring is 1. The highest BCUT2D eigenvalue weighted by Gasteiger charge is 2.17. The molecule has 0 saturated carbocycles. The minimum Gasteiger partial charge on any atom is -0.497 e. The summed E-state index contributed by atoms with van der Waals surface area (Å²) in [6.45, 7) is 0. The number of nitrogens with two attached hydrogens (primary N) is 1. The van der Waals surface area contributed by atoms with Gasteiger partial charge in [-0.05, 0) is 42.0 Å². The number of hydrogen-bond acceptors (Lipinski definition) is 4. The third-order valence-electron chi connectivity index (χ3n) is 4.24. The Morgan fingerprint density at radius 2 is 1.77 bits per heavy atom. The number of fused-ring (bicyclic) bond motifs is 1. The molecule has 0 bridgehead atoms. The third-order valence-corrected chi connectivity index (χ3v) is 4.77. The predicted octanol–water partition coefficient (Wildman–Crippen LogP) is 3.34. The zero-order valence-corrected chi connectivity index (χ0v) is 15.5. The van der Waals surface area contributed by atoms with Crippen LogP contribution in [-0.4, -0.2) is 21.3 Å². The van der Waals surface area contributed by atoms with Crippen molar-refractivity contribution in [3.8, 4) is 22.6 Å². The highest BCUT2D eigenvalue weighted by Crippen LogP contribution is 2.31. The van der Waals surface area contributed by atoms with Crippen LogP contribution in [-0.2, 0) is 0 Å². The Morgan fingerprint density at radius 3 is 2.42 bits per heavy atom. The summed E-state index contributed by atoms with van der Waals surface area (Å²) >= 11 is 3.44. The van der Waals surface area contributed by atoms with Gasteiger partial charge < -0.3 is 15.1 Å². The molecule has 0 aliphatic rings. The van der Waals surface area contributed by atoms with Crippen molar-refractivity contribution >= 4 is 27.0 Å². The highest BCUT2D eigenvalue weighted by molar-refractivity contribution is 9.10. The lowest BCUT2D eigenvalue weighted by Gasteiger charge is -2.04. The summed E-state index contributed by atoms with van der Waals surface area (Å²) in [5.74, 6) is 6.50. The molecule has 2 aromatic carbocycles. The van der Waals surface area contributed by atoms with Crippen molar-refractivity contribution < 1.29 is 4.74 Å². The molecule has 130 valence electrons. The Labute approximate surface area is 157 Å². The number of halogens is 1. The van der Waals surface area contributed by atoms with Gasteiger partial charge in [0.05, 0.1) is 12.5 Å². The van der Waals surface area contributed by atoms with Crippen LogP contribution in [0.25, 0.3) is 27.8 Å². The van der Waals surface area contributed by atoms with Crippen molar-refractivity contribution in [1.29, 1.82) is 0 Å². The van der Waals surface area contributed by atoms with Crippen molar-refractivity contribution in [2.24, 2.45) is 0 Å². The van der Waals surface area contributed by atoms with Crippen molar-refractivity contribution in [3.05, 3.63) is 75.9 Å². The Bertz CT molecular complexity index is 1150. The van der Waals surface area contributed by atoms with Gasteiger partial charge in [-0.1, -0.05) is 28.1 Å². The standard InChI is InChI=1S/C19H15BrN4O2/c1-26-15-8-2-12(3-9-15)16-10-23(14-6-4-13(20)5-7-14)18-17(16)19(25)24(21)11-22-18/h2-11H,21H2,1H3. The van der Waals surface area contributed by atoms with E-state index in [9.17, 15) is 4.79 Å². The zero-order chi connectivity index (χ0) is 18.3. The molecule has 0 unspecified atom stereocenters. The molecule has 4 rings (SSSR count). The lowest BCUT2D eigenvalue weighted by molar-refractivity contribution is 0.415. The number of methoxy groups -OCH3 is 1. The van der Waals surface area contributed by atoms with E-state index in [4.69, 9.17) is 10.6 Å². The maximum absolute atomic E-state index is 12.7. The van der Waals surface area contributed by atoms with Gasteiger partial charge in [0.25, 0.3) is 5.56 Å². The minimum atomic E-state index is -0.295. The molecular formula is C19H15BrN4O2. The van der Waals surface area contributed by atoms with Crippen LogP contribution in [0.1, 0.15) is 0 Å². The average molecular weight is 411 g/mol. The van der Waals surface area contributed by atoms with Gasteiger partial charge >= 0.3 is 0 Å². The number of nitrogens with zero attached hydrogens (tertiary/aromatic N) is 3. The number of ether oxygens (including phenoxy) is 1. The van der Waals surface area contributed by atoms with E-state index in [1.165, 1.54) is 6.33 Å². The molecular weight excluding hydrogens is 396 g/mol. The number of benzene rings is 2. The molecule has 4 aromatic rings. The van der Waals surface area contributed by atoms with Crippen LogP contribution in [0, 0.1) is 0 Å². The van der Waals surface area contributed by atoms with Crippen molar-refractivity contribution in [2.45, 2.75) is 0 Å². The molecule has 6 nitrogen and oxygen atoms in total. The van der Waals surface area contributed by atoms with Crippen LogP contribution in [0.15, 0.2) is 70.3 Å². The molecule has 0 atom stereocenters. The SMILES string of the molecule is COc1ccc(-c2cn(-c3ccc(Br)cc3)c3ncn(N)c(=O)c23)cc1. The molecule has 2 N–H and O–H groups in total. The summed E-state index contributed by atoms with van der Waals surface area (Å²) in [6, 6.07) is 15.3. The van der Waals surface area contributed by atoms with Crippen LogP contribution in [0.5, 0.6) is 5.75 Å². The highest BCUT2D eigenvalue weighted by atomic mass is 79.9. The Kier molecular flexibility index (Phi) is 4.00. The first-order chi connectivity index (χ1) is 12.6. The van der Waals surface area contributed by atoms with E-state index in [1.54, 1.807) is 7.11 Å². The van der Waals surface area contributed by atoms with Crippen LogP contribution in [0.4, 0.5) is 0 Å². The summed E-state index contributed by atoms with van der Waals surface area (Å²) in [5.41, 5.74) is 2.82. The molecule has 7 heteroatoms. The Balaban J connectivity index is 2.01. The lowest BCUT2D eigenvalue weighted by atomic mass is 10.1. The first kappa shape index (κ1) is 16.4. The normalized spacial score (nSPS) is 11.0. The van der Waals surface area contributed by atoms with Crippen LogP contribution < -0.4 is 16.1 Å². The molecule has 26 heavy (non-hydrogen) atoms. The summed E-state index contributed by atoms with van der Waals surface area (Å²) in [5, 5.41) is 0.475. The maximum atomic E-state index is 12.7. The summed E-state index contributed by atoms with van der Waals surface area (Å²) in [4.78, 5) is 17.1. The lowest BCUT2D eigenvalue weighted by Crippen LogP contribution is -2.27. The van der Waals surface area contributed by atoms with E-state index in [-0.39, 0.29) is 5.56 Å². The maximum Gasteiger partial charge on any atom is 0.281 e. The average Bonchev–Trinajstić information content (AvgIpc) is 3.06. The fourth-order valence-corrected chi connectivity index (χ4v) is 3.18. The fourth-order valence-electron chi connectivity index (χ4n) is 2.92. The van der Waals surface area contributed by atoms with Gasteiger partial charge in [-0.2, -0.15) is 0 Å². The number of aromatic nitrogens is 3. The van der Waals surface area contributed by atoms with Crippen molar-refractivity contribution in [2.75, 3.05) is 13.0 Å². The fraction of sp³-hybridized carbons (Fsp3) is 0.0526. The Morgan fingerprint density at radius 1 is 1.08 bits per heavy atom. The second kappa shape index (κ2) is 6.34. The van der Waals surface area contributed by atoms with Gasteiger partial charge in [-0.25, -0.2) is 9.66 Å². The van der Waals surface area contributed by atoms with E-state index in [1.807, 2.05) is 59.3 Å². The molecule has 0 saturated heterocycles. The van der Waals surface area contributed by atoms with E-state index >= 15 is 0 Å². The van der Waals surface area contributed by atoms with E-state index in [0.29, 0.717) is 11.0 Å². The van der Waals surface area contributed by atoms with E-state index in [2.05, 4.69) is 20.9 Å². The van der Waals surface area contributed by atoms with Gasteiger partial charge in [0.1, 0.15) is 12.1 Å². The second-order valence-electron chi connectivity index (χ2n) is 5.77. The second-order valence-corrected chi connectivity index (χ2v) is 6.69. The molecule has 0 spiro atoms. The zero-order valence-electron chi connectivity index (χ0n) is 13.9. The first-order valence-electron chi connectivity index (χ1n) is 7.86. The van der Waals surface area contributed by atoms with Crippen LogP contribution in [0.2, 0.25) is 0 Å². The van der Waals surface area contributed by atoms with Crippen molar-refractivity contribution in [3.63, 3.8) is 0 Å². The van der Waals surface area contributed by atoms with E-state index < -0.39 is 0 Å². The van der Waals surface area contributed by atoms with Crippen molar-refractivity contribution in [1.82, 2.24) is 14.2 Å². The van der Waals surface area contributed by atoms with E-state index in [0.717, 1.165) is 31.7 Å².